The molecule has 0 saturated heterocycles. The third kappa shape index (κ3) is 3.93. The van der Waals surface area contributed by atoms with Crippen LogP contribution in [0.4, 0.5) is 0 Å². The molecule has 2 aromatic rings. The van der Waals surface area contributed by atoms with Gasteiger partial charge in [0.25, 0.3) is 5.65 Å². The summed E-state index contributed by atoms with van der Waals surface area (Å²) in [5.74, 6) is 1.42. The van der Waals surface area contributed by atoms with Crippen molar-refractivity contribution < 1.29 is 9.77 Å². The van der Waals surface area contributed by atoms with E-state index in [1.807, 2.05) is 17.9 Å². The van der Waals surface area contributed by atoms with Crippen LogP contribution in [0.3, 0.4) is 0 Å². The molecule has 6 heteroatoms. The molecule has 4 rings (SSSR count). The van der Waals surface area contributed by atoms with Crippen LogP contribution in [-0.2, 0) is 13.6 Å². The monoisotopic (exact) mass is 438 g/mol. The molecule has 2 N–H and O–H groups in total. The van der Waals surface area contributed by atoms with Crippen LogP contribution in [-0.4, -0.2) is 19.7 Å². The fourth-order valence-electron chi connectivity index (χ4n) is 6.98. The van der Waals surface area contributed by atoms with Gasteiger partial charge in [-0.15, -0.1) is 0 Å². The van der Waals surface area contributed by atoms with Gasteiger partial charge < -0.3 is 10.2 Å². The first-order valence-electron chi connectivity index (χ1n) is 12.1. The van der Waals surface area contributed by atoms with Gasteiger partial charge in [-0.1, -0.05) is 50.1 Å². The second kappa shape index (κ2) is 8.53. The summed E-state index contributed by atoms with van der Waals surface area (Å²) in [4.78, 5) is 7.31. The van der Waals surface area contributed by atoms with Crippen molar-refractivity contribution in [3.05, 3.63) is 41.9 Å². The van der Waals surface area contributed by atoms with E-state index in [0.29, 0.717) is 22.2 Å². The Morgan fingerprint density at radius 1 is 1.41 bits per heavy atom. The van der Waals surface area contributed by atoms with Crippen LogP contribution in [0.1, 0.15) is 72.6 Å². The van der Waals surface area contributed by atoms with Crippen molar-refractivity contribution in [1.82, 2.24) is 14.5 Å². The lowest BCUT2D eigenvalue weighted by Gasteiger charge is -2.58. The number of aromatic nitrogens is 4. The molecule has 2 saturated carbocycles. The third-order valence-corrected chi connectivity index (χ3v) is 8.64. The minimum absolute atomic E-state index is 0.390. The van der Waals surface area contributed by atoms with Crippen LogP contribution >= 0.6 is 0 Å². The zero-order valence-electron chi connectivity index (χ0n) is 20.5. The zero-order valence-corrected chi connectivity index (χ0v) is 20.5. The molecule has 0 unspecified atom stereocenters. The van der Waals surface area contributed by atoms with E-state index >= 15 is 0 Å². The number of H-pyrrole nitrogens is 1. The molecule has 0 amide bonds. The van der Waals surface area contributed by atoms with Crippen LogP contribution in [0.5, 0.6) is 0 Å². The highest BCUT2D eigenvalue weighted by atomic mass is 16.4. The number of aryl methyl sites for hydroxylation is 1. The Labute approximate surface area is 191 Å². The highest BCUT2D eigenvalue weighted by molar-refractivity contribution is 5.64. The number of hydrogen-bond donors (Lipinski definition) is 2. The number of nitrogens with one attached hydrogen (secondary N) is 1. The highest BCUT2D eigenvalue weighted by Gasteiger charge is 2.52. The lowest BCUT2D eigenvalue weighted by Crippen LogP contribution is -2.49. The molecule has 2 aliphatic rings. The van der Waals surface area contributed by atoms with Crippen LogP contribution < -0.4 is 10.1 Å². The number of allylic oxidation sites excluding steroid dienone is 3. The van der Waals surface area contributed by atoms with Crippen molar-refractivity contribution in [1.29, 1.82) is 0 Å². The molecule has 2 aromatic heterocycles. The number of aromatic amines is 1. The van der Waals surface area contributed by atoms with Crippen molar-refractivity contribution in [2.75, 3.05) is 0 Å². The van der Waals surface area contributed by atoms with E-state index in [1.165, 1.54) is 49.7 Å². The standard InChI is InChI=1S/C26H39N5O/c1-18(12-15-31-17-30(6)24-22(31)23(29-32)27-16-28-24)8-10-20-19(2)9-11-21-25(3,4)13-7-14-26(20,21)5/h12,16-17,20-21H,2,7-11,13-15H2,1,3-6H3,(H-,27,28,29,32)/p+1/b18-12+/t20-,21-,26+/m1/s1. The van der Waals surface area contributed by atoms with Gasteiger partial charge in [0.2, 0.25) is 17.3 Å². The predicted octanol–water partition coefficient (Wildman–Crippen LogP) is 5.00. The smallest absolute Gasteiger partial charge is 0.273 e. The van der Waals surface area contributed by atoms with Gasteiger partial charge in [-0.3, -0.25) is 0 Å². The average molecular weight is 439 g/mol. The Morgan fingerprint density at radius 3 is 2.94 bits per heavy atom. The molecule has 0 aliphatic heterocycles. The van der Waals surface area contributed by atoms with E-state index in [1.54, 1.807) is 6.33 Å². The van der Waals surface area contributed by atoms with Crippen molar-refractivity contribution in [2.24, 2.45) is 34.9 Å². The summed E-state index contributed by atoms with van der Waals surface area (Å²) < 4.78 is 4.04. The van der Waals surface area contributed by atoms with E-state index in [-0.39, 0.29) is 0 Å². The topological polar surface area (TPSA) is 70.1 Å². The maximum Gasteiger partial charge on any atom is 0.273 e. The van der Waals surface area contributed by atoms with Crippen molar-refractivity contribution in [3.8, 4) is 0 Å². The molecule has 0 bridgehead atoms. The zero-order chi connectivity index (χ0) is 23.1. The molecule has 2 fully saturated rings. The Hall–Kier alpha value is -2.37. The second-order valence-corrected chi connectivity index (χ2v) is 11.1. The van der Waals surface area contributed by atoms with Crippen molar-refractivity contribution in [3.63, 3.8) is 0 Å². The minimum atomic E-state index is 0.390. The summed E-state index contributed by atoms with van der Waals surface area (Å²) in [5, 5.41) is 12.8. The number of rotatable bonds is 5. The quantitative estimate of drug-likeness (QED) is 0.298. The lowest BCUT2D eigenvalue weighted by molar-refractivity contribution is -0.662. The molecule has 2 heterocycles. The average Bonchev–Trinajstić information content (AvgIpc) is 3.07. The van der Waals surface area contributed by atoms with E-state index in [4.69, 9.17) is 0 Å². The van der Waals surface area contributed by atoms with Gasteiger partial charge in [-0.25, -0.2) is 9.13 Å². The van der Waals surface area contributed by atoms with Gasteiger partial charge in [0.05, 0.1) is 13.4 Å². The molecule has 6 nitrogen and oxygen atoms in total. The van der Waals surface area contributed by atoms with Crippen LogP contribution in [0.2, 0.25) is 0 Å². The summed E-state index contributed by atoms with van der Waals surface area (Å²) in [5.41, 5.74) is 5.75. The van der Waals surface area contributed by atoms with Gasteiger partial charge >= 0.3 is 0 Å². The highest BCUT2D eigenvalue weighted by Crippen LogP contribution is 2.61. The van der Waals surface area contributed by atoms with E-state index in [0.717, 1.165) is 30.0 Å². The molecule has 32 heavy (non-hydrogen) atoms. The summed E-state index contributed by atoms with van der Waals surface area (Å²) in [7, 11) is 1.96. The maximum absolute atomic E-state index is 9.38. The van der Waals surface area contributed by atoms with E-state index in [2.05, 4.69) is 60.0 Å². The summed E-state index contributed by atoms with van der Waals surface area (Å²) in [6.07, 6.45) is 14.7. The van der Waals surface area contributed by atoms with Gasteiger partial charge in [0.1, 0.15) is 6.54 Å². The predicted molar refractivity (Wildman–Crippen MR) is 127 cm³/mol. The molecule has 3 atom stereocenters. The van der Waals surface area contributed by atoms with Gasteiger partial charge in [-0.2, -0.15) is 4.98 Å². The molecule has 174 valence electrons. The second-order valence-electron chi connectivity index (χ2n) is 11.1. The SMILES string of the molecule is C=C1CC[C@@H]2C(C)(C)CCC[C@@]2(C)[C@@H]1CC/C(C)=C/C[n+]1cn(C)c2nc[nH]/c(=N\O)c21. The minimum Gasteiger partial charge on any atom is -0.409 e. The molecule has 0 radical (unpaired) electrons. The largest absolute Gasteiger partial charge is 0.409 e. The van der Waals surface area contributed by atoms with Gasteiger partial charge in [-0.05, 0) is 74.2 Å². The Kier molecular flexibility index (Phi) is 6.08. The molecule has 2 aliphatic carbocycles. The third-order valence-electron chi connectivity index (χ3n) is 8.64. The molecular weight excluding hydrogens is 398 g/mol. The molecular formula is C26H40N5O+. The van der Waals surface area contributed by atoms with Crippen LogP contribution in [0.15, 0.2) is 41.6 Å². The van der Waals surface area contributed by atoms with Crippen molar-refractivity contribution in [2.45, 2.75) is 79.2 Å². The Morgan fingerprint density at radius 2 is 2.19 bits per heavy atom. The first kappa shape index (κ1) is 22.8. The van der Waals surface area contributed by atoms with E-state index in [9.17, 15) is 5.21 Å². The number of imidazole rings is 1. The molecule has 0 spiro atoms. The summed E-state index contributed by atoms with van der Waals surface area (Å²) in [6, 6.07) is 0. The fourth-order valence-corrected chi connectivity index (χ4v) is 6.98. The molecule has 0 aromatic carbocycles. The maximum atomic E-state index is 9.38. The Balaban J connectivity index is 1.50. The fraction of sp³-hybridized carbons (Fsp3) is 0.654. The number of hydrogen-bond acceptors (Lipinski definition) is 3. The first-order valence-corrected chi connectivity index (χ1v) is 12.1. The van der Waals surface area contributed by atoms with Gasteiger partial charge in [0.15, 0.2) is 0 Å². The van der Waals surface area contributed by atoms with Gasteiger partial charge in [0, 0.05) is 0 Å². The number of nitrogens with zero attached hydrogens (tertiary/aromatic N) is 4. The van der Waals surface area contributed by atoms with Crippen LogP contribution in [0.25, 0.3) is 11.2 Å². The van der Waals surface area contributed by atoms with E-state index < -0.39 is 0 Å². The summed E-state index contributed by atoms with van der Waals surface area (Å²) in [6.45, 7) is 15.0. The van der Waals surface area contributed by atoms with Crippen LogP contribution in [0, 0.1) is 22.7 Å². The number of fused-ring (bicyclic) bond motifs is 2. The first-order chi connectivity index (χ1) is 15.2. The Bertz CT molecular complexity index is 1110. The van der Waals surface area contributed by atoms with Crippen molar-refractivity contribution >= 4 is 11.2 Å². The lowest BCUT2D eigenvalue weighted by atomic mass is 9.47. The summed E-state index contributed by atoms with van der Waals surface area (Å²) >= 11 is 0. The normalized spacial score (nSPS) is 28.8.